The zero-order chi connectivity index (χ0) is 10.4. The standard InChI is InChI=1S/C2H4O5S.C2H4O2/c1-2(3)7-8(4,5)6;1-2(3)4/h1H3,(H,4,5,6);1H3,(H,3,4). The van der Waals surface area contributed by atoms with Gasteiger partial charge in [-0.3, -0.25) is 14.1 Å². The Morgan fingerprint density at radius 3 is 1.50 bits per heavy atom. The van der Waals surface area contributed by atoms with E-state index in [2.05, 4.69) is 4.18 Å². The fourth-order valence-corrected chi connectivity index (χ4v) is 0.445. The number of carboxylic acids is 1. The van der Waals surface area contributed by atoms with Gasteiger partial charge in [0.1, 0.15) is 0 Å². The number of carbonyl (C=O) groups excluding carboxylic acids is 1. The van der Waals surface area contributed by atoms with Gasteiger partial charge in [-0.15, -0.1) is 0 Å². The predicted molar refractivity (Wildman–Crippen MR) is 36.6 cm³/mol. The van der Waals surface area contributed by atoms with Crippen molar-refractivity contribution in [3.63, 3.8) is 0 Å². The largest absolute Gasteiger partial charge is 0.481 e. The Morgan fingerprint density at radius 2 is 1.50 bits per heavy atom. The van der Waals surface area contributed by atoms with E-state index in [9.17, 15) is 13.2 Å². The first-order valence-corrected chi connectivity index (χ1v) is 3.88. The Bertz CT molecular complexity index is 247. The third-order valence-corrected chi connectivity index (χ3v) is 0.668. The van der Waals surface area contributed by atoms with E-state index < -0.39 is 22.3 Å². The SMILES string of the molecule is CC(=O)O.CC(=O)OS(=O)(=O)O. The number of carboxylic acid groups (broad SMARTS) is 1. The summed E-state index contributed by atoms with van der Waals surface area (Å²) in [5.41, 5.74) is 0. The molecule has 0 bridgehead atoms. The van der Waals surface area contributed by atoms with Crippen molar-refractivity contribution in [1.29, 1.82) is 0 Å². The van der Waals surface area contributed by atoms with Crippen LogP contribution in [0.5, 0.6) is 0 Å². The molecule has 0 saturated heterocycles. The van der Waals surface area contributed by atoms with Crippen molar-refractivity contribution in [2.45, 2.75) is 13.8 Å². The Labute approximate surface area is 68.9 Å². The highest BCUT2D eigenvalue weighted by Gasteiger charge is 2.06. The number of aliphatic carboxylic acids is 1. The monoisotopic (exact) mass is 200 g/mol. The second-order valence-electron chi connectivity index (χ2n) is 1.52. The van der Waals surface area contributed by atoms with Crippen LogP contribution in [0.3, 0.4) is 0 Å². The minimum absolute atomic E-state index is 0.833. The van der Waals surface area contributed by atoms with Crippen LogP contribution in [-0.4, -0.2) is 30.0 Å². The van der Waals surface area contributed by atoms with Crippen LogP contribution >= 0.6 is 0 Å². The van der Waals surface area contributed by atoms with Crippen molar-refractivity contribution in [2.24, 2.45) is 0 Å². The van der Waals surface area contributed by atoms with Crippen LogP contribution in [0.15, 0.2) is 0 Å². The van der Waals surface area contributed by atoms with E-state index >= 15 is 0 Å². The summed E-state index contributed by atoms with van der Waals surface area (Å²) in [7, 11) is -4.57. The third-order valence-electron chi connectivity index (χ3n) is 0.223. The first-order chi connectivity index (χ1) is 5.15. The highest BCUT2D eigenvalue weighted by molar-refractivity contribution is 7.81. The van der Waals surface area contributed by atoms with Crippen molar-refractivity contribution in [2.75, 3.05) is 0 Å². The molecule has 0 spiro atoms. The van der Waals surface area contributed by atoms with Gasteiger partial charge in [0, 0.05) is 13.8 Å². The Kier molecular flexibility index (Phi) is 6.15. The van der Waals surface area contributed by atoms with Crippen LogP contribution in [0.2, 0.25) is 0 Å². The average molecular weight is 200 g/mol. The van der Waals surface area contributed by atoms with Gasteiger partial charge in [-0.1, -0.05) is 0 Å². The summed E-state index contributed by atoms with van der Waals surface area (Å²) in [5, 5.41) is 7.42. The molecule has 0 aliphatic heterocycles. The Morgan fingerprint density at radius 1 is 1.25 bits per heavy atom. The van der Waals surface area contributed by atoms with Crippen LogP contribution in [0, 0.1) is 0 Å². The molecule has 0 radical (unpaired) electrons. The maximum absolute atomic E-state index is 9.70. The number of carbonyl (C=O) groups is 2. The average Bonchev–Trinajstić information content (AvgIpc) is 1.52. The van der Waals surface area contributed by atoms with E-state index in [1.165, 1.54) is 0 Å². The number of hydrogen-bond donors (Lipinski definition) is 2. The molecule has 0 aromatic heterocycles. The van der Waals surface area contributed by atoms with Crippen LogP contribution in [0.1, 0.15) is 13.8 Å². The molecule has 0 saturated carbocycles. The van der Waals surface area contributed by atoms with Crippen LogP contribution in [-0.2, 0) is 24.2 Å². The third kappa shape index (κ3) is 36.8. The summed E-state index contributed by atoms with van der Waals surface area (Å²) in [6.45, 7) is 1.95. The molecule has 7 nitrogen and oxygen atoms in total. The summed E-state index contributed by atoms with van der Waals surface area (Å²) in [4.78, 5) is 18.7. The van der Waals surface area contributed by atoms with Crippen molar-refractivity contribution >= 4 is 22.3 Å². The van der Waals surface area contributed by atoms with E-state index in [4.69, 9.17) is 14.5 Å². The fourth-order valence-electron chi connectivity index (χ4n) is 0.148. The second kappa shape index (κ2) is 5.49. The molecule has 8 heteroatoms. The van der Waals surface area contributed by atoms with Gasteiger partial charge < -0.3 is 9.29 Å². The van der Waals surface area contributed by atoms with Crippen LogP contribution in [0.25, 0.3) is 0 Å². The molecular formula is C4H8O7S. The number of rotatable bonds is 1. The van der Waals surface area contributed by atoms with Crippen LogP contribution < -0.4 is 0 Å². The quantitative estimate of drug-likeness (QED) is 0.544. The molecule has 0 aromatic carbocycles. The maximum Gasteiger partial charge on any atom is 0.448 e. The van der Waals surface area contributed by atoms with Crippen molar-refractivity contribution < 1.29 is 31.8 Å². The maximum atomic E-state index is 9.70. The van der Waals surface area contributed by atoms with E-state index in [0.717, 1.165) is 13.8 Å². The first kappa shape index (κ1) is 13.4. The van der Waals surface area contributed by atoms with Gasteiger partial charge in [0.2, 0.25) is 0 Å². The lowest BCUT2D eigenvalue weighted by Gasteiger charge is -1.90. The van der Waals surface area contributed by atoms with Crippen LogP contribution in [0.4, 0.5) is 0 Å². The molecule has 0 fully saturated rings. The fraction of sp³-hybridized carbons (Fsp3) is 0.500. The Hall–Kier alpha value is -1.15. The summed E-state index contributed by atoms with van der Waals surface area (Å²) >= 11 is 0. The molecule has 0 amide bonds. The Balaban J connectivity index is 0. The molecule has 0 aliphatic rings. The van der Waals surface area contributed by atoms with Gasteiger partial charge in [-0.25, -0.2) is 0 Å². The minimum atomic E-state index is -4.57. The normalized spacial score (nSPS) is 9.25. The molecule has 12 heavy (non-hydrogen) atoms. The highest BCUT2D eigenvalue weighted by Crippen LogP contribution is 1.84. The molecule has 0 atom stereocenters. The highest BCUT2D eigenvalue weighted by atomic mass is 32.3. The summed E-state index contributed by atoms with van der Waals surface area (Å²) in [6, 6.07) is 0. The number of hydrogen-bond acceptors (Lipinski definition) is 5. The first-order valence-electron chi connectivity index (χ1n) is 2.52. The minimum Gasteiger partial charge on any atom is -0.481 e. The zero-order valence-corrected chi connectivity index (χ0v) is 7.16. The van der Waals surface area contributed by atoms with E-state index in [0.29, 0.717) is 0 Å². The van der Waals surface area contributed by atoms with E-state index in [-0.39, 0.29) is 0 Å². The van der Waals surface area contributed by atoms with E-state index in [1.807, 2.05) is 0 Å². The lowest BCUT2D eigenvalue weighted by atomic mass is 10.9. The predicted octanol–water partition coefficient (Wildman–Crippen LogP) is -0.557. The van der Waals surface area contributed by atoms with Gasteiger partial charge in [-0.05, 0) is 0 Å². The van der Waals surface area contributed by atoms with Gasteiger partial charge in [0.15, 0.2) is 0 Å². The van der Waals surface area contributed by atoms with Gasteiger partial charge in [-0.2, -0.15) is 8.42 Å². The molecular weight excluding hydrogens is 192 g/mol. The summed E-state index contributed by atoms with van der Waals surface area (Å²) in [6.07, 6.45) is 0. The molecule has 0 unspecified atom stereocenters. The van der Waals surface area contributed by atoms with Gasteiger partial charge in [0.25, 0.3) is 5.97 Å². The van der Waals surface area contributed by atoms with Crippen molar-refractivity contribution in [1.82, 2.24) is 0 Å². The van der Waals surface area contributed by atoms with Gasteiger partial charge in [0.05, 0.1) is 0 Å². The molecule has 0 aliphatic carbocycles. The summed E-state index contributed by atoms with van der Waals surface area (Å²) < 4.78 is 30.2. The lowest BCUT2D eigenvalue weighted by molar-refractivity contribution is -0.134. The lowest BCUT2D eigenvalue weighted by Crippen LogP contribution is -2.07. The topological polar surface area (TPSA) is 118 Å². The molecule has 2 N–H and O–H groups in total. The van der Waals surface area contributed by atoms with Crippen molar-refractivity contribution in [3.05, 3.63) is 0 Å². The van der Waals surface area contributed by atoms with E-state index in [1.54, 1.807) is 0 Å². The molecule has 0 aromatic rings. The van der Waals surface area contributed by atoms with Gasteiger partial charge >= 0.3 is 16.4 Å². The molecule has 0 rings (SSSR count). The summed E-state index contributed by atoms with van der Waals surface area (Å²) in [5.74, 6) is -1.90. The zero-order valence-electron chi connectivity index (χ0n) is 6.34. The smallest absolute Gasteiger partial charge is 0.448 e. The second-order valence-corrected chi connectivity index (χ2v) is 2.54. The molecule has 72 valence electrons. The van der Waals surface area contributed by atoms with Crippen molar-refractivity contribution in [3.8, 4) is 0 Å². The molecule has 0 heterocycles.